The highest BCUT2D eigenvalue weighted by atomic mass is 35.5. The second kappa shape index (κ2) is 52.2. The van der Waals surface area contributed by atoms with Crippen LogP contribution < -0.4 is 41.0 Å². The number of likely N-dealkylation sites (tertiary alicyclic amines) is 3. The van der Waals surface area contributed by atoms with E-state index in [4.69, 9.17) is 48.0 Å². The Morgan fingerprint density at radius 3 is 1.39 bits per heavy atom. The lowest BCUT2D eigenvalue weighted by atomic mass is 10.0. The molecule has 8 aromatic heterocycles. The fraction of sp³-hybridized carbons (Fsp3) is 0.500. The average Bonchev–Trinajstić information content (AvgIpc) is 1.65. The van der Waals surface area contributed by atoms with Gasteiger partial charge in [0.25, 0.3) is 35.5 Å². The van der Waals surface area contributed by atoms with Crippen LogP contribution in [-0.4, -0.2) is 236 Å². The molecule has 3 saturated heterocycles. The van der Waals surface area contributed by atoms with Gasteiger partial charge in [0, 0.05) is 151 Å². The van der Waals surface area contributed by atoms with Crippen LogP contribution in [0.1, 0.15) is 262 Å². The molecule has 0 spiro atoms. The summed E-state index contributed by atoms with van der Waals surface area (Å²) in [4.78, 5) is 103. The molecule has 6 amide bonds. The van der Waals surface area contributed by atoms with Crippen molar-refractivity contribution in [3.8, 4) is 56.5 Å². The maximum absolute atomic E-state index is 14.0. The number of amides is 6. The molecule has 0 radical (unpaired) electrons. The van der Waals surface area contributed by atoms with Gasteiger partial charge in [-0.05, 0) is 177 Å². The first-order valence-corrected chi connectivity index (χ1v) is 54.9. The minimum Gasteiger partial charge on any atom is -0.496 e. The Morgan fingerprint density at radius 1 is 0.490 bits per heavy atom. The highest BCUT2D eigenvalue weighted by molar-refractivity contribution is 7.14. The molecule has 11 heterocycles. The van der Waals surface area contributed by atoms with Crippen LogP contribution in [0.5, 0.6) is 11.5 Å². The van der Waals surface area contributed by atoms with E-state index in [1.165, 1.54) is 90.3 Å². The Kier molecular flexibility index (Phi) is 38.5. The standard InChI is InChI=1S/C29H35ClF2N6O2S.C29H39N5O3S.C26H32ClF2N7O.C22H22F3N5O2S/c1-36(28-33-13-16-41-28)26(39)17-20(11-15-37-14-6-12-29(31,32)19-37)34-27(40)24-18-25(22-9-4-5-10-23(22)30)38(35-24)21-7-2-3-8-21;1-36-25-11-8-12-26(37-2)28(25)24-20-23(32-34(24)22-9-4-5-10-22)29(35)31-21(19-27-30-14-18-38-27)13-17-33-15-6-3-7-16-33;27-21-9-4-3-8-20(21)23-15-22(34-36(23)19-6-1-2-7-19)25(37)32-18(14-24-30-17-31-33-24)10-13-35-12-5-11-26(28,29)16-35;23-22(24,25)16-8-4-3-7-15(16)18-13-17(29-30(18)14-5-1-2-6-14)20(32)26-10-9-19(31)28-21-27-11-12-33-21/h4-5,9-10,13,16,18,20-21H,2-3,6-8,11-12,14-15,17,19H2,1H3,(H,34,40);8,11-12,14,18,20-22H,3-7,9-10,13,15-17,19H2,1-2H3,(H,31,35);3-4,8-9,15,17-19H,1-2,5-7,10-14,16H2,(H,32,37)(H,30,31,33);3-4,7-8,11-14H,1-2,5-6,9-10H2,(H,26,32)(H,27,28,31)/t20-;21-;18-;/m000./s1. The molecule has 3 atom stereocenters. The zero-order valence-corrected chi connectivity index (χ0v) is 87.8. The van der Waals surface area contributed by atoms with Gasteiger partial charge in [0.15, 0.2) is 33.0 Å². The van der Waals surface area contributed by atoms with Crippen molar-refractivity contribution < 1.29 is 69.0 Å². The van der Waals surface area contributed by atoms with Crippen molar-refractivity contribution in [1.82, 2.24) is 105 Å². The first-order valence-electron chi connectivity index (χ1n) is 51.5. The lowest BCUT2D eigenvalue weighted by molar-refractivity contribution is -0.137. The number of alkyl halides is 7. The fourth-order valence-electron chi connectivity index (χ4n) is 20.9. The Bertz CT molecular complexity index is 6330. The molecule has 4 aromatic carbocycles. The van der Waals surface area contributed by atoms with Crippen LogP contribution in [0.25, 0.3) is 45.0 Å². The molecule has 19 rings (SSSR count). The van der Waals surface area contributed by atoms with Crippen molar-refractivity contribution in [2.24, 2.45) is 0 Å². The summed E-state index contributed by atoms with van der Waals surface area (Å²) in [6.45, 7) is 4.77. The number of benzene rings is 4. The summed E-state index contributed by atoms with van der Waals surface area (Å²) >= 11 is 17.3. The molecule has 149 heavy (non-hydrogen) atoms. The lowest BCUT2D eigenvalue weighted by Gasteiger charge is -2.33. The SMILES string of the molecule is CN(C(=O)C[C@H](CCN1CCCC(F)(F)C1)NC(=O)c1cc(-c2ccccc2Cl)n(C2CCCC2)n1)c1nccs1.COc1cccc(OC)c1-c1cc(C(=O)N[C@@H](CCN2CCCCC2)Cc2nccs2)nn1C1CCCC1.O=C(CCNC(=O)c1cc(-c2ccccc2C(F)(F)F)n(C2CCCC2)n1)Nc1nccs1.O=C(N[C@@H](CCN1CCCC(F)(F)C1)Cc1ncn[nH]1)c1cc(-c2ccccc2Cl)n(C2CCCC2)n1. The normalized spacial score (nSPS) is 17.4. The Morgan fingerprint density at radius 2 is 0.926 bits per heavy atom. The van der Waals surface area contributed by atoms with E-state index in [0.29, 0.717) is 107 Å². The third kappa shape index (κ3) is 29.9. The summed E-state index contributed by atoms with van der Waals surface area (Å²) in [5, 5.41) is 48.8. The van der Waals surface area contributed by atoms with Gasteiger partial charge in [-0.1, -0.05) is 142 Å². The molecule has 796 valence electrons. The van der Waals surface area contributed by atoms with Crippen LogP contribution in [-0.2, 0) is 28.6 Å². The molecule has 7 fully saturated rings. The van der Waals surface area contributed by atoms with Gasteiger partial charge < -0.3 is 41.0 Å². The number of aromatic nitrogens is 14. The number of hydrogen-bond acceptors (Lipinski definition) is 23. The second-order valence-corrected chi connectivity index (χ2v) is 42.7. The topological polar surface area (TPSA) is 346 Å². The minimum absolute atomic E-state index is 0.00328. The summed E-state index contributed by atoms with van der Waals surface area (Å²) in [6, 6.07) is 32.7. The molecule has 3 aliphatic heterocycles. The summed E-state index contributed by atoms with van der Waals surface area (Å²) in [5.74, 6) is -5.27. The summed E-state index contributed by atoms with van der Waals surface area (Å²) in [7, 11) is 4.96. The number of hydrogen-bond donors (Lipinski definition) is 6. The van der Waals surface area contributed by atoms with E-state index >= 15 is 0 Å². The average molecular weight is 2150 g/mol. The number of nitrogens with one attached hydrogen (secondary N) is 6. The number of piperidine rings is 3. The maximum Gasteiger partial charge on any atom is 0.417 e. The second-order valence-electron chi connectivity index (χ2n) is 39.1. The molecule has 6 N–H and O–H groups in total. The van der Waals surface area contributed by atoms with Gasteiger partial charge in [-0.3, -0.25) is 67.3 Å². The van der Waals surface area contributed by atoms with Crippen molar-refractivity contribution in [3.63, 3.8) is 0 Å². The van der Waals surface area contributed by atoms with E-state index in [2.05, 4.69) is 66.7 Å². The van der Waals surface area contributed by atoms with Crippen molar-refractivity contribution >= 4 is 103 Å². The number of nitrogens with zero attached hydrogens (tertiary/aromatic N) is 17. The van der Waals surface area contributed by atoms with E-state index in [1.807, 2.05) is 98.4 Å². The summed E-state index contributed by atoms with van der Waals surface area (Å²) < 4.78 is 116. The van der Waals surface area contributed by atoms with Gasteiger partial charge in [-0.25, -0.2) is 37.5 Å². The first kappa shape index (κ1) is 110. The van der Waals surface area contributed by atoms with Crippen molar-refractivity contribution in [2.75, 3.05) is 96.9 Å². The van der Waals surface area contributed by atoms with Gasteiger partial charge in [-0.15, -0.1) is 34.0 Å². The number of H-pyrrole nitrogens is 1. The zero-order valence-electron chi connectivity index (χ0n) is 83.8. The maximum atomic E-state index is 14.0. The molecule has 12 aromatic rings. The number of thiazole rings is 3. The number of anilines is 2. The minimum atomic E-state index is -4.53. The third-order valence-corrected chi connectivity index (χ3v) is 31.5. The van der Waals surface area contributed by atoms with Crippen LogP contribution in [0, 0.1) is 0 Å². The number of rotatable bonds is 37. The van der Waals surface area contributed by atoms with Crippen LogP contribution in [0.15, 0.2) is 156 Å². The highest BCUT2D eigenvalue weighted by Gasteiger charge is 2.41. The van der Waals surface area contributed by atoms with Gasteiger partial charge >= 0.3 is 6.18 Å². The fourth-order valence-corrected chi connectivity index (χ4v) is 23.2. The number of aromatic amines is 1. The lowest BCUT2D eigenvalue weighted by Crippen LogP contribution is -2.46. The molecule has 43 heteroatoms. The molecule has 4 aliphatic carbocycles. The first-order chi connectivity index (χ1) is 72.1. The monoisotopic (exact) mass is 2150 g/mol. The van der Waals surface area contributed by atoms with Crippen LogP contribution in [0.2, 0.25) is 10.0 Å². The molecule has 31 nitrogen and oxygen atoms in total. The number of carbonyl (C=O) groups is 6. The van der Waals surface area contributed by atoms with E-state index < -0.39 is 41.4 Å². The third-order valence-electron chi connectivity index (χ3n) is 28.5. The Hall–Kier alpha value is -11.9. The molecular weight excluding hydrogens is 2020 g/mol. The molecule has 4 saturated carbocycles. The van der Waals surface area contributed by atoms with Crippen LogP contribution in [0.3, 0.4) is 0 Å². The smallest absolute Gasteiger partial charge is 0.417 e. The molecule has 0 unspecified atom stereocenters. The highest BCUT2D eigenvalue weighted by Crippen LogP contribution is 2.46. The van der Waals surface area contributed by atoms with Crippen molar-refractivity contribution in [2.45, 2.75) is 253 Å². The predicted molar refractivity (Wildman–Crippen MR) is 562 cm³/mol. The Balaban J connectivity index is 0.000000142. The van der Waals surface area contributed by atoms with Gasteiger partial charge in [0.2, 0.25) is 11.8 Å². The van der Waals surface area contributed by atoms with Crippen molar-refractivity contribution in [1.29, 1.82) is 0 Å². The van der Waals surface area contributed by atoms with E-state index in [1.54, 1.807) is 82.4 Å². The van der Waals surface area contributed by atoms with Crippen LogP contribution >= 0.6 is 57.2 Å². The quantitative estimate of drug-likeness (QED) is 0.0197. The number of ether oxygens (including phenoxy) is 2. The van der Waals surface area contributed by atoms with Gasteiger partial charge in [0.1, 0.15) is 23.7 Å². The molecular formula is C106H128Cl2F7N23O8S3. The summed E-state index contributed by atoms with van der Waals surface area (Å²) in [6.07, 6.45) is 25.7. The van der Waals surface area contributed by atoms with E-state index in [-0.39, 0.29) is 128 Å². The van der Waals surface area contributed by atoms with E-state index in [0.717, 1.165) is 167 Å². The van der Waals surface area contributed by atoms with Gasteiger partial charge in [-0.2, -0.15) is 38.7 Å². The molecule has 7 aliphatic rings. The zero-order chi connectivity index (χ0) is 105. The van der Waals surface area contributed by atoms with Gasteiger partial charge in [0.05, 0.1) is 90.4 Å². The molecule has 0 bridgehead atoms. The number of halogens is 9. The van der Waals surface area contributed by atoms with E-state index in [9.17, 15) is 59.5 Å². The van der Waals surface area contributed by atoms with Crippen LogP contribution in [0.4, 0.5) is 41.0 Å². The predicted octanol–water partition coefficient (Wildman–Crippen LogP) is 21.2. The summed E-state index contributed by atoms with van der Waals surface area (Å²) in [5.41, 5.74) is 5.43. The van der Waals surface area contributed by atoms with Crippen molar-refractivity contribution in [3.05, 3.63) is 206 Å². The Labute approximate surface area is 883 Å². The largest absolute Gasteiger partial charge is 0.496 e. The number of methoxy groups -OCH3 is 2. The number of carbonyl (C=O) groups excluding carboxylic acids is 6.